The zero-order valence-electron chi connectivity index (χ0n) is 27.4. The second-order valence-corrected chi connectivity index (χ2v) is 13.0. The van der Waals surface area contributed by atoms with Crippen LogP contribution in [-0.4, -0.2) is 9.13 Å². The van der Waals surface area contributed by atoms with Gasteiger partial charge in [-0.25, -0.2) is 0 Å². The largest absolute Gasteiger partial charge is 0.309 e. The smallest absolute Gasteiger partial charge is 0.0619 e. The number of hydrogen-bond donors (Lipinski definition) is 0. The first-order valence-corrected chi connectivity index (χ1v) is 17.2. The van der Waals surface area contributed by atoms with Gasteiger partial charge in [0.05, 0.1) is 22.1 Å². The lowest BCUT2D eigenvalue weighted by Crippen LogP contribution is -1.96. The molecule has 50 heavy (non-hydrogen) atoms. The van der Waals surface area contributed by atoms with Gasteiger partial charge in [-0.05, 0) is 76.3 Å². The number of rotatable bonds is 5. The number of fused-ring (bicyclic) bond motifs is 6. The van der Waals surface area contributed by atoms with Crippen LogP contribution in [0.5, 0.6) is 0 Å². The molecule has 2 nitrogen and oxygen atoms in total. The van der Waals surface area contributed by atoms with E-state index in [1.807, 2.05) is 0 Å². The van der Waals surface area contributed by atoms with E-state index in [2.05, 4.69) is 203 Å². The van der Waals surface area contributed by atoms with Gasteiger partial charge in [-0.15, -0.1) is 0 Å². The molecule has 0 radical (unpaired) electrons. The molecule has 0 bridgehead atoms. The van der Waals surface area contributed by atoms with Crippen LogP contribution in [0.4, 0.5) is 0 Å². The highest BCUT2D eigenvalue weighted by Crippen LogP contribution is 2.41. The molecule has 2 aromatic heterocycles. The molecule has 234 valence electrons. The van der Waals surface area contributed by atoms with Crippen molar-refractivity contribution in [3.05, 3.63) is 194 Å². The number of nitrogens with zero attached hydrogens (tertiary/aromatic N) is 2. The summed E-state index contributed by atoms with van der Waals surface area (Å²) in [5, 5.41) is 5.02. The average molecular weight is 637 g/mol. The second-order valence-electron chi connectivity index (χ2n) is 13.0. The molecule has 0 aliphatic heterocycles. The molecule has 0 saturated heterocycles. The highest BCUT2D eigenvalue weighted by molar-refractivity contribution is 6.15. The molecule has 0 saturated carbocycles. The Labute approximate surface area is 290 Å². The van der Waals surface area contributed by atoms with Crippen LogP contribution in [0.15, 0.2) is 194 Å². The number of para-hydroxylation sites is 4. The van der Waals surface area contributed by atoms with Crippen molar-refractivity contribution in [3.8, 4) is 44.8 Å². The van der Waals surface area contributed by atoms with Gasteiger partial charge in [0.15, 0.2) is 0 Å². The summed E-state index contributed by atoms with van der Waals surface area (Å²) in [7, 11) is 0. The predicted molar refractivity (Wildman–Crippen MR) is 211 cm³/mol. The van der Waals surface area contributed by atoms with Crippen LogP contribution in [0.1, 0.15) is 0 Å². The summed E-state index contributed by atoms with van der Waals surface area (Å²) in [6.45, 7) is 0. The van der Waals surface area contributed by atoms with Gasteiger partial charge < -0.3 is 9.13 Å². The van der Waals surface area contributed by atoms with E-state index in [0.717, 1.165) is 11.4 Å². The van der Waals surface area contributed by atoms with Gasteiger partial charge in [-0.1, -0.05) is 146 Å². The van der Waals surface area contributed by atoms with E-state index >= 15 is 0 Å². The van der Waals surface area contributed by atoms with Crippen LogP contribution in [0.2, 0.25) is 0 Å². The summed E-state index contributed by atoms with van der Waals surface area (Å²) in [5.41, 5.74) is 14.4. The van der Waals surface area contributed by atoms with E-state index in [4.69, 9.17) is 0 Å². The zero-order valence-corrected chi connectivity index (χ0v) is 27.4. The molecule has 0 spiro atoms. The molecule has 2 heteroatoms. The minimum absolute atomic E-state index is 1.14. The molecule has 0 unspecified atom stereocenters. The Kier molecular flexibility index (Phi) is 6.53. The Balaban J connectivity index is 1.20. The second kappa shape index (κ2) is 11.5. The van der Waals surface area contributed by atoms with Gasteiger partial charge in [0.25, 0.3) is 0 Å². The summed E-state index contributed by atoms with van der Waals surface area (Å²) in [5.74, 6) is 0. The molecule has 0 aliphatic rings. The Morgan fingerprint density at radius 3 is 1.56 bits per heavy atom. The fourth-order valence-electron chi connectivity index (χ4n) is 7.85. The molecule has 0 N–H and O–H groups in total. The molecule has 2 heterocycles. The summed E-state index contributed by atoms with van der Waals surface area (Å²) < 4.78 is 4.86. The summed E-state index contributed by atoms with van der Waals surface area (Å²) >= 11 is 0. The number of hydrogen-bond acceptors (Lipinski definition) is 0. The van der Waals surface area contributed by atoms with Crippen molar-refractivity contribution in [1.29, 1.82) is 0 Å². The predicted octanol–water partition coefficient (Wildman–Crippen LogP) is 12.9. The van der Waals surface area contributed by atoms with Gasteiger partial charge in [0.2, 0.25) is 0 Å². The Morgan fingerprint density at radius 2 is 0.780 bits per heavy atom. The highest BCUT2D eigenvalue weighted by atomic mass is 15.0. The van der Waals surface area contributed by atoms with Crippen LogP contribution < -0.4 is 0 Å². The maximum Gasteiger partial charge on any atom is 0.0619 e. The molecular formula is C48H32N2. The average Bonchev–Trinajstić information content (AvgIpc) is 3.71. The maximum absolute atomic E-state index is 2.46. The maximum atomic E-state index is 2.46. The third-order valence-corrected chi connectivity index (χ3v) is 10.1. The van der Waals surface area contributed by atoms with Crippen molar-refractivity contribution >= 4 is 43.6 Å². The molecule has 0 aliphatic carbocycles. The molecule has 0 fully saturated rings. The minimum atomic E-state index is 1.14. The van der Waals surface area contributed by atoms with Crippen molar-refractivity contribution in [1.82, 2.24) is 9.13 Å². The van der Waals surface area contributed by atoms with E-state index in [1.54, 1.807) is 0 Å². The Hall–Kier alpha value is -6.64. The molecule has 10 aromatic rings. The van der Waals surface area contributed by atoms with Crippen LogP contribution in [0.25, 0.3) is 88.4 Å². The van der Waals surface area contributed by atoms with E-state index in [-0.39, 0.29) is 0 Å². The van der Waals surface area contributed by atoms with Gasteiger partial charge in [-0.3, -0.25) is 0 Å². The SMILES string of the molecule is c1ccc(-c2cccc(-c3cccc(-n4c5ccccc5c5cccc(-c6ccc7c8ccccc8n(-c8ccccc8)c7c6)c54)c3)c2)cc1. The third-order valence-electron chi connectivity index (χ3n) is 10.1. The van der Waals surface area contributed by atoms with Crippen molar-refractivity contribution in [2.45, 2.75) is 0 Å². The van der Waals surface area contributed by atoms with Gasteiger partial charge >= 0.3 is 0 Å². The first kappa shape index (κ1) is 28.4. The van der Waals surface area contributed by atoms with Crippen molar-refractivity contribution in [2.75, 3.05) is 0 Å². The van der Waals surface area contributed by atoms with Crippen LogP contribution >= 0.6 is 0 Å². The molecule has 10 rings (SSSR count). The lowest BCUT2D eigenvalue weighted by Gasteiger charge is -2.14. The summed E-state index contributed by atoms with van der Waals surface area (Å²) in [6, 6.07) is 70.4. The van der Waals surface area contributed by atoms with Gasteiger partial charge in [0, 0.05) is 38.5 Å². The van der Waals surface area contributed by atoms with Crippen LogP contribution in [-0.2, 0) is 0 Å². The molecule has 0 amide bonds. The van der Waals surface area contributed by atoms with Crippen LogP contribution in [0, 0.1) is 0 Å². The van der Waals surface area contributed by atoms with E-state index < -0.39 is 0 Å². The van der Waals surface area contributed by atoms with E-state index in [1.165, 1.54) is 77.0 Å². The normalized spacial score (nSPS) is 11.6. The molecule has 8 aromatic carbocycles. The Bertz CT molecular complexity index is 2860. The van der Waals surface area contributed by atoms with E-state index in [0.29, 0.717) is 0 Å². The summed E-state index contributed by atoms with van der Waals surface area (Å²) in [6.07, 6.45) is 0. The molecular weight excluding hydrogens is 605 g/mol. The van der Waals surface area contributed by atoms with Crippen molar-refractivity contribution in [3.63, 3.8) is 0 Å². The standard InChI is InChI=1S/C48H32N2/c1-3-14-33(15-4-1)34-16-11-17-35(30-34)36-18-12-21-39(31-36)50-46-27-10-8-23-42(46)44-25-13-24-40(48(44)50)37-28-29-43-41-22-7-9-26-45(41)49(47(43)32-37)38-19-5-2-6-20-38/h1-32H. The first-order valence-electron chi connectivity index (χ1n) is 17.2. The minimum Gasteiger partial charge on any atom is -0.309 e. The monoisotopic (exact) mass is 636 g/mol. The Morgan fingerprint density at radius 1 is 0.260 bits per heavy atom. The van der Waals surface area contributed by atoms with Crippen molar-refractivity contribution in [2.24, 2.45) is 0 Å². The number of benzene rings is 8. The zero-order chi connectivity index (χ0) is 33.0. The molecule has 0 atom stereocenters. The first-order chi connectivity index (χ1) is 24.8. The third kappa shape index (κ3) is 4.50. The quantitative estimate of drug-likeness (QED) is 0.178. The van der Waals surface area contributed by atoms with Gasteiger partial charge in [-0.2, -0.15) is 0 Å². The van der Waals surface area contributed by atoms with Crippen molar-refractivity contribution < 1.29 is 0 Å². The summed E-state index contributed by atoms with van der Waals surface area (Å²) in [4.78, 5) is 0. The fraction of sp³-hybridized carbons (Fsp3) is 0. The lowest BCUT2D eigenvalue weighted by atomic mass is 9.98. The van der Waals surface area contributed by atoms with Gasteiger partial charge in [0.1, 0.15) is 0 Å². The lowest BCUT2D eigenvalue weighted by molar-refractivity contribution is 1.18. The topological polar surface area (TPSA) is 9.86 Å². The van der Waals surface area contributed by atoms with Crippen LogP contribution in [0.3, 0.4) is 0 Å². The highest BCUT2D eigenvalue weighted by Gasteiger charge is 2.19. The number of aromatic nitrogens is 2. The van der Waals surface area contributed by atoms with E-state index in [9.17, 15) is 0 Å². The fourth-order valence-corrected chi connectivity index (χ4v) is 7.85.